The van der Waals surface area contributed by atoms with E-state index in [1.54, 1.807) is 0 Å². The fraction of sp³-hybridized carbons (Fsp3) is 0.200. The second-order valence-electron chi connectivity index (χ2n) is 3.91. The highest BCUT2D eigenvalue weighted by Gasteiger charge is 2.08. The SMILES string of the molecule is CC(Oc1ccccc1CCl)c1ccccc1. The fourth-order valence-corrected chi connectivity index (χ4v) is 1.93. The molecule has 0 fully saturated rings. The van der Waals surface area contributed by atoms with Crippen molar-refractivity contribution in [3.8, 4) is 5.75 Å². The van der Waals surface area contributed by atoms with Gasteiger partial charge < -0.3 is 4.74 Å². The van der Waals surface area contributed by atoms with Gasteiger partial charge >= 0.3 is 0 Å². The maximum absolute atomic E-state index is 5.94. The van der Waals surface area contributed by atoms with E-state index in [0.29, 0.717) is 5.88 Å². The lowest BCUT2D eigenvalue weighted by molar-refractivity contribution is 0.225. The predicted molar refractivity (Wildman–Crippen MR) is 71.5 cm³/mol. The van der Waals surface area contributed by atoms with E-state index in [4.69, 9.17) is 16.3 Å². The zero-order chi connectivity index (χ0) is 12.1. The van der Waals surface area contributed by atoms with E-state index in [9.17, 15) is 0 Å². The lowest BCUT2D eigenvalue weighted by atomic mass is 10.1. The van der Waals surface area contributed by atoms with Crippen LogP contribution >= 0.6 is 11.6 Å². The Kier molecular flexibility index (Phi) is 4.05. The summed E-state index contributed by atoms with van der Waals surface area (Å²) in [5.74, 6) is 1.33. The zero-order valence-electron chi connectivity index (χ0n) is 9.77. The third kappa shape index (κ3) is 3.01. The first-order valence-electron chi connectivity index (χ1n) is 5.66. The first kappa shape index (κ1) is 12.0. The van der Waals surface area contributed by atoms with Gasteiger partial charge in [-0.25, -0.2) is 0 Å². The van der Waals surface area contributed by atoms with Gasteiger partial charge in [0.05, 0.1) is 5.88 Å². The molecule has 2 rings (SSSR count). The summed E-state index contributed by atoms with van der Waals surface area (Å²) in [4.78, 5) is 0. The molecular formula is C15H15ClO. The Morgan fingerprint density at radius 3 is 2.35 bits per heavy atom. The van der Waals surface area contributed by atoms with Crippen LogP contribution in [0, 0.1) is 0 Å². The van der Waals surface area contributed by atoms with Crippen LogP contribution in [0.15, 0.2) is 54.6 Å². The molecule has 0 spiro atoms. The monoisotopic (exact) mass is 246 g/mol. The average Bonchev–Trinajstić information content (AvgIpc) is 2.40. The second kappa shape index (κ2) is 5.74. The van der Waals surface area contributed by atoms with Crippen molar-refractivity contribution in [1.82, 2.24) is 0 Å². The summed E-state index contributed by atoms with van der Waals surface area (Å²) >= 11 is 5.88. The van der Waals surface area contributed by atoms with E-state index in [-0.39, 0.29) is 6.10 Å². The first-order valence-corrected chi connectivity index (χ1v) is 6.20. The lowest BCUT2D eigenvalue weighted by Crippen LogP contribution is -2.04. The molecule has 1 unspecified atom stereocenters. The summed E-state index contributed by atoms with van der Waals surface area (Å²) in [6, 6.07) is 18.0. The highest BCUT2D eigenvalue weighted by atomic mass is 35.5. The molecule has 0 bridgehead atoms. The number of rotatable bonds is 4. The molecule has 88 valence electrons. The van der Waals surface area contributed by atoms with Crippen molar-refractivity contribution in [2.24, 2.45) is 0 Å². The second-order valence-corrected chi connectivity index (χ2v) is 4.18. The Morgan fingerprint density at radius 1 is 1.00 bits per heavy atom. The molecule has 17 heavy (non-hydrogen) atoms. The molecule has 0 aliphatic carbocycles. The van der Waals surface area contributed by atoms with E-state index in [0.717, 1.165) is 16.9 Å². The Hall–Kier alpha value is -1.47. The van der Waals surface area contributed by atoms with Crippen molar-refractivity contribution in [3.63, 3.8) is 0 Å². The molecular weight excluding hydrogens is 232 g/mol. The van der Waals surface area contributed by atoms with E-state index >= 15 is 0 Å². The minimum Gasteiger partial charge on any atom is -0.486 e. The van der Waals surface area contributed by atoms with Gasteiger partial charge in [-0.3, -0.25) is 0 Å². The average molecular weight is 247 g/mol. The molecule has 0 heterocycles. The molecule has 2 aromatic carbocycles. The van der Waals surface area contributed by atoms with Crippen LogP contribution in [-0.4, -0.2) is 0 Å². The molecule has 0 saturated carbocycles. The summed E-state index contributed by atoms with van der Waals surface area (Å²) in [5, 5.41) is 0. The summed E-state index contributed by atoms with van der Waals surface area (Å²) in [6.07, 6.45) is 0.0283. The van der Waals surface area contributed by atoms with Gasteiger partial charge in [0.25, 0.3) is 0 Å². The van der Waals surface area contributed by atoms with Gasteiger partial charge in [-0.15, -0.1) is 11.6 Å². The molecule has 2 aromatic rings. The standard InChI is InChI=1S/C15H15ClO/c1-12(13-7-3-2-4-8-13)17-15-10-6-5-9-14(15)11-16/h2-10,12H,11H2,1H3. The third-order valence-electron chi connectivity index (χ3n) is 2.69. The summed E-state index contributed by atoms with van der Waals surface area (Å²) in [5.41, 5.74) is 2.19. The third-order valence-corrected chi connectivity index (χ3v) is 2.98. The minimum atomic E-state index is 0.0283. The number of hydrogen-bond donors (Lipinski definition) is 0. The van der Waals surface area contributed by atoms with E-state index in [1.807, 2.05) is 49.4 Å². The maximum atomic E-state index is 5.94. The fourth-order valence-electron chi connectivity index (χ4n) is 1.71. The Labute approximate surface area is 107 Å². The molecule has 0 N–H and O–H groups in total. The summed E-state index contributed by atoms with van der Waals surface area (Å²) < 4.78 is 5.94. The molecule has 0 aliphatic heterocycles. The van der Waals surface area contributed by atoms with E-state index < -0.39 is 0 Å². The number of ether oxygens (including phenoxy) is 1. The van der Waals surface area contributed by atoms with Gasteiger partial charge in [0.15, 0.2) is 0 Å². The zero-order valence-corrected chi connectivity index (χ0v) is 10.5. The number of alkyl halides is 1. The number of hydrogen-bond acceptors (Lipinski definition) is 1. The normalized spacial score (nSPS) is 12.1. The quantitative estimate of drug-likeness (QED) is 0.719. The van der Waals surface area contributed by atoms with Crippen molar-refractivity contribution >= 4 is 11.6 Å². The van der Waals surface area contributed by atoms with Crippen molar-refractivity contribution in [2.45, 2.75) is 18.9 Å². The molecule has 0 saturated heterocycles. The van der Waals surface area contributed by atoms with Crippen LogP contribution in [0.2, 0.25) is 0 Å². The molecule has 0 aromatic heterocycles. The van der Waals surface area contributed by atoms with Crippen LogP contribution < -0.4 is 4.74 Å². The summed E-state index contributed by atoms with van der Waals surface area (Å²) in [7, 11) is 0. The molecule has 2 heteroatoms. The molecule has 1 nitrogen and oxygen atoms in total. The maximum Gasteiger partial charge on any atom is 0.124 e. The van der Waals surface area contributed by atoms with Crippen molar-refractivity contribution in [1.29, 1.82) is 0 Å². The van der Waals surface area contributed by atoms with Gasteiger partial charge in [-0.2, -0.15) is 0 Å². The van der Waals surface area contributed by atoms with Crippen LogP contribution in [0.1, 0.15) is 24.2 Å². The van der Waals surface area contributed by atoms with Gasteiger partial charge in [0.1, 0.15) is 11.9 Å². The van der Waals surface area contributed by atoms with Gasteiger partial charge in [0, 0.05) is 5.56 Å². The van der Waals surface area contributed by atoms with Gasteiger partial charge in [-0.05, 0) is 18.6 Å². The number of benzene rings is 2. The topological polar surface area (TPSA) is 9.23 Å². The Balaban J connectivity index is 2.16. The molecule has 0 aliphatic rings. The number of para-hydroxylation sites is 1. The molecule has 1 atom stereocenters. The Bertz CT molecular complexity index is 467. The van der Waals surface area contributed by atoms with Crippen LogP contribution in [0.3, 0.4) is 0 Å². The van der Waals surface area contributed by atoms with Crippen LogP contribution in [0.25, 0.3) is 0 Å². The first-order chi connectivity index (χ1) is 8.31. The van der Waals surface area contributed by atoms with Crippen LogP contribution in [-0.2, 0) is 5.88 Å². The van der Waals surface area contributed by atoms with Gasteiger partial charge in [0.2, 0.25) is 0 Å². The molecule has 0 radical (unpaired) electrons. The number of halogens is 1. The largest absolute Gasteiger partial charge is 0.486 e. The van der Waals surface area contributed by atoms with Crippen molar-refractivity contribution in [2.75, 3.05) is 0 Å². The van der Waals surface area contributed by atoms with Crippen molar-refractivity contribution < 1.29 is 4.74 Å². The predicted octanol–water partition coefficient (Wildman–Crippen LogP) is 4.57. The lowest BCUT2D eigenvalue weighted by Gasteiger charge is -2.17. The van der Waals surface area contributed by atoms with Crippen LogP contribution in [0.5, 0.6) is 5.75 Å². The minimum absolute atomic E-state index is 0.0283. The van der Waals surface area contributed by atoms with Crippen molar-refractivity contribution in [3.05, 3.63) is 65.7 Å². The highest BCUT2D eigenvalue weighted by Crippen LogP contribution is 2.25. The van der Waals surface area contributed by atoms with E-state index in [2.05, 4.69) is 12.1 Å². The Morgan fingerprint density at radius 2 is 1.65 bits per heavy atom. The van der Waals surface area contributed by atoms with E-state index in [1.165, 1.54) is 0 Å². The summed E-state index contributed by atoms with van der Waals surface area (Å²) in [6.45, 7) is 2.04. The van der Waals surface area contributed by atoms with Gasteiger partial charge in [-0.1, -0.05) is 48.5 Å². The molecule has 0 amide bonds. The highest BCUT2D eigenvalue weighted by molar-refractivity contribution is 6.17. The smallest absolute Gasteiger partial charge is 0.124 e. The van der Waals surface area contributed by atoms with Crippen LogP contribution in [0.4, 0.5) is 0 Å².